The van der Waals surface area contributed by atoms with Crippen molar-refractivity contribution in [2.45, 2.75) is 206 Å². The van der Waals surface area contributed by atoms with Crippen molar-refractivity contribution in [1.82, 2.24) is 5.32 Å². The van der Waals surface area contributed by atoms with Crippen LogP contribution in [0.5, 0.6) is 0 Å². The summed E-state index contributed by atoms with van der Waals surface area (Å²) in [6, 6.07) is -0.975. The normalized spacial score (nSPS) is 13.7. The van der Waals surface area contributed by atoms with E-state index in [2.05, 4.69) is 55.6 Å². The van der Waals surface area contributed by atoms with Gasteiger partial charge in [-0.15, -0.1) is 0 Å². The zero-order valence-electron chi connectivity index (χ0n) is 30.7. The molecule has 0 bridgehead atoms. The maximum atomic E-state index is 12.5. The van der Waals surface area contributed by atoms with Crippen molar-refractivity contribution < 1.29 is 22.9 Å². The van der Waals surface area contributed by atoms with Crippen LogP contribution in [0.1, 0.15) is 194 Å². The van der Waals surface area contributed by atoms with Gasteiger partial charge in [-0.1, -0.05) is 179 Å². The van der Waals surface area contributed by atoms with E-state index < -0.39 is 28.0 Å². The molecule has 0 saturated carbocycles. The lowest BCUT2D eigenvalue weighted by Gasteiger charge is -2.23. The first-order chi connectivity index (χ1) is 22.8. The zero-order chi connectivity index (χ0) is 34.7. The Morgan fingerprint density at radius 2 is 1.02 bits per heavy atom. The number of rotatable bonds is 35. The third-order valence-electron chi connectivity index (χ3n) is 8.86. The summed E-state index contributed by atoms with van der Waals surface area (Å²) in [5.41, 5.74) is 0. The molecule has 0 fully saturated rings. The van der Waals surface area contributed by atoms with E-state index in [0.29, 0.717) is 12.8 Å². The van der Waals surface area contributed by atoms with Crippen molar-refractivity contribution in [3.05, 3.63) is 36.5 Å². The molecule has 0 spiro atoms. The molecular weight excluding hydrogens is 607 g/mol. The molecule has 0 aromatic carbocycles. The Morgan fingerprint density at radius 1 is 0.596 bits per heavy atom. The molecule has 2 unspecified atom stereocenters. The Labute approximate surface area is 291 Å². The van der Waals surface area contributed by atoms with Gasteiger partial charge in [0.05, 0.1) is 17.9 Å². The van der Waals surface area contributed by atoms with Crippen LogP contribution in [-0.4, -0.2) is 41.9 Å². The van der Waals surface area contributed by atoms with Crippen LogP contribution in [0.4, 0.5) is 0 Å². The standard InChI is InChI=1S/C40H75NO5S/c1-3-5-7-9-11-13-15-17-19-20-22-24-26-28-30-32-34-36-40(43)41-38(37-47(44,45)46)39(42)35-33-31-29-27-25-23-21-18-16-14-12-10-8-6-4-2/h5,7,11,13,17,19,38-39,42H,3-4,6,8-10,12,14-16,18,20-37H2,1-2H3,(H,41,43)(H,44,45,46)/b7-5-,13-11-,19-17-. The van der Waals surface area contributed by atoms with Crippen molar-refractivity contribution in [3.8, 4) is 0 Å². The van der Waals surface area contributed by atoms with Crippen LogP contribution in [0.2, 0.25) is 0 Å². The smallest absolute Gasteiger partial charge is 0.266 e. The van der Waals surface area contributed by atoms with Crippen molar-refractivity contribution in [3.63, 3.8) is 0 Å². The third-order valence-corrected chi connectivity index (χ3v) is 9.64. The summed E-state index contributed by atoms with van der Waals surface area (Å²) >= 11 is 0. The van der Waals surface area contributed by atoms with Crippen LogP contribution in [0.15, 0.2) is 36.5 Å². The first kappa shape index (κ1) is 45.6. The predicted octanol–water partition coefficient (Wildman–Crippen LogP) is 11.4. The van der Waals surface area contributed by atoms with E-state index >= 15 is 0 Å². The van der Waals surface area contributed by atoms with E-state index in [1.54, 1.807) is 0 Å². The van der Waals surface area contributed by atoms with Gasteiger partial charge in [-0.2, -0.15) is 8.42 Å². The third kappa shape index (κ3) is 35.7. The molecule has 0 rings (SSSR count). The number of aliphatic hydroxyl groups is 1. The van der Waals surface area contributed by atoms with Crippen molar-refractivity contribution in [2.75, 3.05) is 5.75 Å². The number of unbranched alkanes of at least 4 members (excludes halogenated alkanes) is 21. The van der Waals surface area contributed by atoms with E-state index in [1.807, 2.05) is 0 Å². The fourth-order valence-electron chi connectivity index (χ4n) is 5.94. The highest BCUT2D eigenvalue weighted by molar-refractivity contribution is 7.85. The fraction of sp³-hybridized carbons (Fsp3) is 0.825. The lowest BCUT2D eigenvalue weighted by molar-refractivity contribution is -0.122. The number of hydrogen-bond acceptors (Lipinski definition) is 4. The molecule has 276 valence electrons. The Hall–Kier alpha value is -1.44. The lowest BCUT2D eigenvalue weighted by atomic mass is 10.0. The van der Waals surface area contributed by atoms with Gasteiger partial charge < -0.3 is 10.4 Å². The molecule has 2 atom stereocenters. The summed E-state index contributed by atoms with van der Waals surface area (Å²) in [7, 11) is -4.31. The van der Waals surface area contributed by atoms with Crippen molar-refractivity contribution >= 4 is 16.0 Å². The van der Waals surface area contributed by atoms with Gasteiger partial charge >= 0.3 is 0 Å². The predicted molar refractivity (Wildman–Crippen MR) is 202 cm³/mol. The Morgan fingerprint density at radius 3 is 1.51 bits per heavy atom. The molecule has 0 radical (unpaired) electrons. The molecule has 0 aromatic rings. The molecule has 0 heterocycles. The Bertz CT molecular complexity index is 883. The van der Waals surface area contributed by atoms with Crippen LogP contribution >= 0.6 is 0 Å². The second kappa shape index (κ2) is 34.4. The summed E-state index contributed by atoms with van der Waals surface area (Å²) in [6.45, 7) is 4.41. The molecular formula is C40H75NO5S. The molecule has 6 nitrogen and oxygen atoms in total. The molecule has 0 aliphatic heterocycles. The first-order valence-electron chi connectivity index (χ1n) is 19.7. The van der Waals surface area contributed by atoms with Gasteiger partial charge in [0, 0.05) is 6.42 Å². The average Bonchev–Trinajstić information content (AvgIpc) is 3.03. The maximum Gasteiger partial charge on any atom is 0.266 e. The minimum atomic E-state index is -4.31. The largest absolute Gasteiger partial charge is 0.391 e. The average molecular weight is 682 g/mol. The summed E-state index contributed by atoms with van der Waals surface area (Å²) in [5.74, 6) is -0.908. The number of hydrogen-bond donors (Lipinski definition) is 3. The number of nitrogens with one attached hydrogen (secondary N) is 1. The Kier molecular flexibility index (Phi) is 33.4. The van der Waals surface area contributed by atoms with E-state index in [-0.39, 0.29) is 5.91 Å². The Balaban J connectivity index is 3.90. The molecule has 0 aliphatic rings. The topological polar surface area (TPSA) is 104 Å². The van der Waals surface area contributed by atoms with E-state index in [4.69, 9.17) is 0 Å². The van der Waals surface area contributed by atoms with Crippen LogP contribution in [0.3, 0.4) is 0 Å². The first-order valence-corrected chi connectivity index (χ1v) is 21.3. The van der Waals surface area contributed by atoms with Gasteiger partial charge in [-0.05, 0) is 44.9 Å². The number of amides is 1. The van der Waals surface area contributed by atoms with Gasteiger partial charge in [-0.3, -0.25) is 9.35 Å². The van der Waals surface area contributed by atoms with Crippen molar-refractivity contribution in [2.24, 2.45) is 0 Å². The summed E-state index contributed by atoms with van der Waals surface area (Å²) < 4.78 is 32.5. The minimum absolute atomic E-state index is 0.256. The number of allylic oxidation sites excluding steroid dienone is 6. The summed E-state index contributed by atoms with van der Waals surface area (Å²) in [4.78, 5) is 12.5. The molecule has 0 aliphatic carbocycles. The van der Waals surface area contributed by atoms with Gasteiger partial charge in [0.1, 0.15) is 0 Å². The summed E-state index contributed by atoms with van der Waals surface area (Å²) in [5, 5.41) is 13.3. The number of carbonyl (C=O) groups excluding carboxylic acids is 1. The molecule has 0 saturated heterocycles. The highest BCUT2D eigenvalue weighted by atomic mass is 32.2. The van der Waals surface area contributed by atoms with E-state index in [0.717, 1.165) is 70.6 Å². The van der Waals surface area contributed by atoms with Gasteiger partial charge in [0.15, 0.2) is 0 Å². The second-order valence-corrected chi connectivity index (χ2v) is 15.0. The highest BCUT2D eigenvalue weighted by Crippen LogP contribution is 2.16. The second-order valence-electron chi connectivity index (χ2n) is 13.5. The maximum absolute atomic E-state index is 12.5. The molecule has 0 aromatic heterocycles. The summed E-state index contributed by atoms with van der Waals surface area (Å²) in [6.07, 6.45) is 43.7. The van der Waals surface area contributed by atoms with Crippen molar-refractivity contribution in [1.29, 1.82) is 0 Å². The quantitative estimate of drug-likeness (QED) is 0.0351. The molecule has 1 amide bonds. The number of carbonyl (C=O) groups is 1. The van der Waals surface area contributed by atoms with Crippen LogP contribution < -0.4 is 5.32 Å². The van der Waals surface area contributed by atoms with Gasteiger partial charge in [0.25, 0.3) is 10.1 Å². The monoisotopic (exact) mass is 682 g/mol. The minimum Gasteiger partial charge on any atom is -0.391 e. The number of aliphatic hydroxyl groups excluding tert-OH is 1. The van der Waals surface area contributed by atoms with Crippen LogP contribution in [0.25, 0.3) is 0 Å². The highest BCUT2D eigenvalue weighted by Gasteiger charge is 2.26. The van der Waals surface area contributed by atoms with Gasteiger partial charge in [0.2, 0.25) is 5.91 Å². The van der Waals surface area contributed by atoms with Crippen LogP contribution in [0, 0.1) is 0 Å². The fourth-order valence-corrected chi connectivity index (χ4v) is 6.70. The SMILES string of the molecule is CC/C=C\C/C=C\C/C=C\CCCCCCCCCC(=O)NC(CS(=O)(=O)O)C(O)CCCCCCCCCCCCCCCCC. The molecule has 7 heteroatoms. The zero-order valence-corrected chi connectivity index (χ0v) is 31.5. The van der Waals surface area contributed by atoms with E-state index in [1.165, 1.54) is 96.3 Å². The van der Waals surface area contributed by atoms with Crippen LogP contribution in [-0.2, 0) is 14.9 Å². The molecule has 47 heavy (non-hydrogen) atoms. The van der Waals surface area contributed by atoms with E-state index in [9.17, 15) is 22.9 Å². The lowest BCUT2D eigenvalue weighted by Crippen LogP contribution is -2.47. The molecule has 3 N–H and O–H groups in total. The van der Waals surface area contributed by atoms with Gasteiger partial charge in [-0.25, -0.2) is 0 Å².